The standard InChI is InChI=1S/C20H29N5O3/c1-23(19(21)28)14-18(27)24-12-8-20(9-13-24)7-5-17(26)25(15-20)11-6-16-4-2-3-10-22-16/h2-4,10H,5-9,11-15H2,1H3,(H2,21,28). The van der Waals surface area contributed by atoms with Crippen LogP contribution < -0.4 is 5.73 Å². The molecule has 0 saturated carbocycles. The van der Waals surface area contributed by atoms with Crippen molar-refractivity contribution in [3.05, 3.63) is 30.1 Å². The molecule has 28 heavy (non-hydrogen) atoms. The SMILES string of the molecule is CN(CC(=O)N1CCC2(CCC(=O)N(CCc3ccccn3)C2)CC1)C(N)=O. The lowest BCUT2D eigenvalue weighted by Gasteiger charge is -2.47. The Kier molecular flexibility index (Phi) is 6.16. The number of piperidine rings is 2. The maximum Gasteiger partial charge on any atom is 0.314 e. The normalized spacial score (nSPS) is 19.0. The molecular formula is C20H29N5O3. The number of likely N-dealkylation sites (tertiary alicyclic amines) is 2. The molecule has 0 aromatic carbocycles. The first-order chi connectivity index (χ1) is 13.4. The van der Waals surface area contributed by atoms with Crippen molar-refractivity contribution >= 4 is 17.8 Å². The van der Waals surface area contributed by atoms with Crippen LogP contribution in [0.3, 0.4) is 0 Å². The summed E-state index contributed by atoms with van der Waals surface area (Å²) in [6.45, 7) is 2.77. The minimum absolute atomic E-state index is 0.0109. The molecule has 2 saturated heterocycles. The fourth-order valence-corrected chi connectivity index (χ4v) is 4.12. The van der Waals surface area contributed by atoms with E-state index in [1.165, 1.54) is 11.9 Å². The van der Waals surface area contributed by atoms with Crippen molar-refractivity contribution in [1.29, 1.82) is 0 Å². The monoisotopic (exact) mass is 387 g/mol. The van der Waals surface area contributed by atoms with E-state index in [1.807, 2.05) is 23.1 Å². The lowest BCUT2D eigenvalue weighted by Crippen LogP contribution is -2.53. The van der Waals surface area contributed by atoms with E-state index in [4.69, 9.17) is 5.73 Å². The first-order valence-corrected chi connectivity index (χ1v) is 9.85. The molecule has 0 aliphatic carbocycles. The van der Waals surface area contributed by atoms with Gasteiger partial charge in [0.2, 0.25) is 11.8 Å². The molecule has 0 radical (unpaired) electrons. The number of hydrogen-bond donors (Lipinski definition) is 1. The zero-order chi connectivity index (χ0) is 20.1. The average molecular weight is 387 g/mol. The van der Waals surface area contributed by atoms with Crippen LogP contribution in [0.15, 0.2) is 24.4 Å². The van der Waals surface area contributed by atoms with Gasteiger partial charge in [-0.2, -0.15) is 0 Å². The van der Waals surface area contributed by atoms with Crippen molar-refractivity contribution < 1.29 is 14.4 Å². The number of nitrogens with two attached hydrogens (primary N) is 1. The third-order valence-electron chi connectivity index (χ3n) is 6.04. The number of pyridine rings is 1. The molecule has 2 N–H and O–H groups in total. The van der Waals surface area contributed by atoms with Gasteiger partial charge in [0, 0.05) is 58.0 Å². The highest BCUT2D eigenvalue weighted by molar-refractivity contribution is 5.83. The number of nitrogens with zero attached hydrogens (tertiary/aromatic N) is 4. The first kappa shape index (κ1) is 20.1. The van der Waals surface area contributed by atoms with Crippen molar-refractivity contribution in [2.75, 3.05) is 39.8 Å². The number of carbonyl (C=O) groups is 3. The van der Waals surface area contributed by atoms with Gasteiger partial charge < -0.3 is 20.4 Å². The van der Waals surface area contributed by atoms with E-state index in [1.54, 1.807) is 11.1 Å². The van der Waals surface area contributed by atoms with E-state index in [9.17, 15) is 14.4 Å². The van der Waals surface area contributed by atoms with Gasteiger partial charge in [-0.05, 0) is 36.8 Å². The molecule has 8 heteroatoms. The highest BCUT2D eigenvalue weighted by Crippen LogP contribution is 2.40. The van der Waals surface area contributed by atoms with E-state index >= 15 is 0 Å². The molecule has 2 aliphatic rings. The highest BCUT2D eigenvalue weighted by Gasteiger charge is 2.41. The Morgan fingerprint density at radius 2 is 2.00 bits per heavy atom. The van der Waals surface area contributed by atoms with Crippen LogP contribution in [-0.2, 0) is 16.0 Å². The molecule has 2 aliphatic heterocycles. The van der Waals surface area contributed by atoms with Crippen LogP contribution in [0.1, 0.15) is 31.4 Å². The Labute approximate surface area is 165 Å². The zero-order valence-corrected chi connectivity index (χ0v) is 16.5. The molecule has 1 aromatic heterocycles. The molecule has 2 fully saturated rings. The van der Waals surface area contributed by atoms with Crippen LogP contribution in [0.25, 0.3) is 0 Å². The second kappa shape index (κ2) is 8.58. The van der Waals surface area contributed by atoms with Gasteiger partial charge in [-0.1, -0.05) is 6.07 Å². The highest BCUT2D eigenvalue weighted by atomic mass is 16.2. The van der Waals surface area contributed by atoms with Crippen molar-refractivity contribution in [3.8, 4) is 0 Å². The predicted octanol–water partition coefficient (Wildman–Crippen LogP) is 0.866. The van der Waals surface area contributed by atoms with Gasteiger partial charge in [-0.15, -0.1) is 0 Å². The lowest BCUT2D eigenvalue weighted by molar-refractivity contribution is -0.142. The molecule has 0 bridgehead atoms. The van der Waals surface area contributed by atoms with E-state index in [2.05, 4.69) is 4.98 Å². The number of hydrogen-bond acceptors (Lipinski definition) is 4. The van der Waals surface area contributed by atoms with Crippen molar-refractivity contribution in [2.45, 2.75) is 32.1 Å². The molecule has 3 heterocycles. The second-order valence-corrected chi connectivity index (χ2v) is 7.96. The van der Waals surface area contributed by atoms with E-state index in [-0.39, 0.29) is 23.8 Å². The zero-order valence-electron chi connectivity index (χ0n) is 16.5. The number of amides is 4. The Bertz CT molecular complexity index is 716. The number of likely N-dealkylation sites (N-methyl/N-ethyl adjacent to an activating group) is 1. The molecule has 1 spiro atoms. The molecule has 1 aromatic rings. The Morgan fingerprint density at radius 1 is 1.25 bits per heavy atom. The van der Waals surface area contributed by atoms with Crippen LogP contribution in [-0.4, -0.2) is 77.3 Å². The summed E-state index contributed by atoms with van der Waals surface area (Å²) < 4.78 is 0. The number of rotatable bonds is 5. The van der Waals surface area contributed by atoms with Crippen molar-refractivity contribution in [2.24, 2.45) is 11.1 Å². The molecular weight excluding hydrogens is 358 g/mol. The molecule has 8 nitrogen and oxygen atoms in total. The smallest absolute Gasteiger partial charge is 0.314 e. The van der Waals surface area contributed by atoms with Crippen LogP contribution in [0.2, 0.25) is 0 Å². The average Bonchev–Trinajstić information content (AvgIpc) is 2.70. The minimum Gasteiger partial charge on any atom is -0.351 e. The molecule has 4 amide bonds. The van der Waals surface area contributed by atoms with Gasteiger partial charge in [0.05, 0.1) is 0 Å². The number of carbonyl (C=O) groups excluding carboxylic acids is 3. The van der Waals surface area contributed by atoms with Crippen LogP contribution >= 0.6 is 0 Å². The van der Waals surface area contributed by atoms with Crippen molar-refractivity contribution in [3.63, 3.8) is 0 Å². The predicted molar refractivity (Wildman–Crippen MR) is 104 cm³/mol. The van der Waals surface area contributed by atoms with Gasteiger partial charge >= 0.3 is 6.03 Å². The summed E-state index contributed by atoms with van der Waals surface area (Å²) in [5.41, 5.74) is 6.28. The summed E-state index contributed by atoms with van der Waals surface area (Å²) >= 11 is 0. The Balaban J connectivity index is 1.53. The van der Waals surface area contributed by atoms with E-state index in [0.717, 1.165) is 37.9 Å². The third-order valence-corrected chi connectivity index (χ3v) is 6.04. The van der Waals surface area contributed by atoms with E-state index < -0.39 is 6.03 Å². The van der Waals surface area contributed by atoms with Crippen LogP contribution in [0, 0.1) is 5.41 Å². The maximum absolute atomic E-state index is 12.4. The Morgan fingerprint density at radius 3 is 2.64 bits per heavy atom. The molecule has 0 unspecified atom stereocenters. The molecule has 152 valence electrons. The Hall–Kier alpha value is -2.64. The number of aromatic nitrogens is 1. The molecule has 0 atom stereocenters. The van der Waals surface area contributed by atoms with Gasteiger partial charge in [-0.25, -0.2) is 4.79 Å². The minimum atomic E-state index is -0.601. The summed E-state index contributed by atoms with van der Waals surface area (Å²) in [6, 6.07) is 5.23. The van der Waals surface area contributed by atoms with Crippen LogP contribution in [0.4, 0.5) is 4.79 Å². The fraction of sp³-hybridized carbons (Fsp3) is 0.600. The summed E-state index contributed by atoms with van der Waals surface area (Å²) in [7, 11) is 1.53. The van der Waals surface area contributed by atoms with Gasteiger partial charge in [0.25, 0.3) is 0 Å². The van der Waals surface area contributed by atoms with Gasteiger partial charge in [0.15, 0.2) is 0 Å². The summed E-state index contributed by atoms with van der Waals surface area (Å²) in [4.78, 5) is 45.2. The lowest BCUT2D eigenvalue weighted by atomic mass is 9.72. The quantitative estimate of drug-likeness (QED) is 0.810. The van der Waals surface area contributed by atoms with E-state index in [0.29, 0.717) is 26.1 Å². The fourth-order valence-electron chi connectivity index (χ4n) is 4.12. The summed E-state index contributed by atoms with van der Waals surface area (Å²) in [6.07, 6.45) is 5.75. The first-order valence-electron chi connectivity index (χ1n) is 9.85. The second-order valence-electron chi connectivity index (χ2n) is 7.96. The van der Waals surface area contributed by atoms with Gasteiger partial charge in [-0.3, -0.25) is 14.6 Å². The third kappa shape index (κ3) is 4.79. The largest absolute Gasteiger partial charge is 0.351 e. The summed E-state index contributed by atoms with van der Waals surface area (Å²) in [5.74, 6) is 0.137. The van der Waals surface area contributed by atoms with Crippen molar-refractivity contribution in [1.82, 2.24) is 19.7 Å². The summed E-state index contributed by atoms with van der Waals surface area (Å²) in [5, 5.41) is 0. The van der Waals surface area contributed by atoms with Crippen LogP contribution in [0.5, 0.6) is 0 Å². The van der Waals surface area contributed by atoms with Gasteiger partial charge in [0.1, 0.15) is 6.54 Å². The number of primary amides is 1. The maximum atomic E-state index is 12.4. The topological polar surface area (TPSA) is 99.8 Å². The molecule has 3 rings (SSSR count). The number of urea groups is 1.